The highest BCUT2D eigenvalue weighted by atomic mass is 32.2. The first-order valence-electron chi connectivity index (χ1n) is 7.53. The van der Waals surface area contributed by atoms with Crippen molar-refractivity contribution in [3.05, 3.63) is 29.0 Å². The summed E-state index contributed by atoms with van der Waals surface area (Å²) in [6, 6.07) is 6.34. The summed E-state index contributed by atoms with van der Waals surface area (Å²) >= 11 is 5.01. The van der Waals surface area contributed by atoms with Crippen LogP contribution in [-0.2, 0) is 10.0 Å². The lowest BCUT2D eigenvalue weighted by Crippen LogP contribution is -2.44. The molecule has 2 heterocycles. The van der Waals surface area contributed by atoms with Crippen LogP contribution in [0.2, 0.25) is 0 Å². The number of aromatic amines is 1. The fourth-order valence-electron chi connectivity index (χ4n) is 2.54. The Morgan fingerprint density at radius 3 is 2.54 bits per heavy atom. The molecule has 0 aliphatic carbocycles. The van der Waals surface area contributed by atoms with Crippen LogP contribution >= 0.6 is 12.2 Å². The molecular weight excluding hydrogens is 350 g/mol. The molecular formula is C13H19N7O2S2. The fraction of sp³-hybridized carbons (Fsp3) is 0.462. The first-order chi connectivity index (χ1) is 11.5. The van der Waals surface area contributed by atoms with E-state index in [0.29, 0.717) is 5.69 Å². The molecule has 2 aromatic rings. The maximum atomic E-state index is 12.4. The number of sulfonamides is 1. The Balaban J connectivity index is 1.68. The maximum Gasteiger partial charge on any atom is 0.242 e. The molecule has 1 fully saturated rings. The Hall–Kier alpha value is -1.66. The Kier molecular flexibility index (Phi) is 5.06. The molecule has 1 saturated heterocycles. The number of rotatable bonds is 6. The Morgan fingerprint density at radius 1 is 1.29 bits per heavy atom. The van der Waals surface area contributed by atoms with Crippen LogP contribution in [0.1, 0.15) is 12.8 Å². The van der Waals surface area contributed by atoms with Crippen LogP contribution < -0.4 is 4.72 Å². The van der Waals surface area contributed by atoms with E-state index in [2.05, 4.69) is 25.3 Å². The second-order valence-electron chi connectivity index (χ2n) is 5.54. The van der Waals surface area contributed by atoms with E-state index in [9.17, 15) is 8.42 Å². The van der Waals surface area contributed by atoms with Gasteiger partial charge in [-0.25, -0.2) is 23.1 Å². The molecule has 24 heavy (non-hydrogen) atoms. The third-order valence-corrected chi connectivity index (χ3v) is 5.59. The smallest absolute Gasteiger partial charge is 0.241 e. The van der Waals surface area contributed by atoms with Gasteiger partial charge in [-0.05, 0) is 49.3 Å². The van der Waals surface area contributed by atoms with Crippen LogP contribution in [0.15, 0.2) is 29.2 Å². The van der Waals surface area contributed by atoms with Crippen molar-refractivity contribution in [2.45, 2.75) is 17.7 Å². The van der Waals surface area contributed by atoms with Crippen molar-refractivity contribution in [3.63, 3.8) is 0 Å². The van der Waals surface area contributed by atoms with Crippen molar-refractivity contribution >= 4 is 22.2 Å². The Labute approximate surface area is 145 Å². The standard InChI is InChI=1S/C13H19N7O2S2/c1-18(19-8-2-3-9-19)10-14-24(21,22)12-6-4-11(5-7-12)20-13(23)15-16-17-20/h4-7,14H,2-3,8-10H2,1H3,(H,15,17,23). The van der Waals surface area contributed by atoms with Gasteiger partial charge in [-0.3, -0.25) is 0 Å². The van der Waals surface area contributed by atoms with Gasteiger partial charge in [0, 0.05) is 20.1 Å². The molecule has 11 heteroatoms. The molecule has 3 rings (SSSR count). The average molecular weight is 369 g/mol. The lowest BCUT2D eigenvalue weighted by molar-refractivity contribution is 0.0230. The van der Waals surface area contributed by atoms with E-state index < -0.39 is 10.0 Å². The van der Waals surface area contributed by atoms with Gasteiger partial charge >= 0.3 is 0 Å². The van der Waals surface area contributed by atoms with Gasteiger partial charge in [0.05, 0.1) is 17.3 Å². The number of aromatic nitrogens is 4. The molecule has 0 amide bonds. The normalized spacial score (nSPS) is 16.1. The lowest BCUT2D eigenvalue weighted by Gasteiger charge is -2.27. The van der Waals surface area contributed by atoms with Crippen LogP contribution in [0.25, 0.3) is 5.69 Å². The second-order valence-corrected chi connectivity index (χ2v) is 7.67. The molecule has 0 atom stereocenters. The van der Waals surface area contributed by atoms with Crippen molar-refractivity contribution in [2.75, 3.05) is 26.8 Å². The van der Waals surface area contributed by atoms with Gasteiger partial charge in [0.15, 0.2) is 0 Å². The summed E-state index contributed by atoms with van der Waals surface area (Å²) in [5.74, 6) is 0. The molecule has 0 spiro atoms. The van der Waals surface area contributed by atoms with E-state index in [0.717, 1.165) is 25.9 Å². The van der Waals surface area contributed by atoms with Crippen LogP contribution in [0, 0.1) is 4.77 Å². The van der Waals surface area contributed by atoms with Gasteiger partial charge in [-0.15, -0.1) is 0 Å². The topological polar surface area (TPSA) is 99.1 Å². The summed E-state index contributed by atoms with van der Waals surface area (Å²) in [6.45, 7) is 2.16. The number of nitrogens with one attached hydrogen (secondary N) is 2. The zero-order valence-electron chi connectivity index (χ0n) is 13.2. The van der Waals surface area contributed by atoms with E-state index in [1.807, 2.05) is 12.1 Å². The SMILES string of the molecule is CN(CNS(=O)(=O)c1ccc(-n2[nH]nnc2=S)cc1)N1CCCC1. The largest absolute Gasteiger partial charge is 0.242 e. The molecule has 1 aliphatic rings. The zero-order chi connectivity index (χ0) is 17.2. The molecule has 1 aromatic heterocycles. The first-order valence-corrected chi connectivity index (χ1v) is 9.43. The monoisotopic (exact) mass is 369 g/mol. The molecule has 2 N–H and O–H groups in total. The van der Waals surface area contributed by atoms with E-state index in [4.69, 9.17) is 12.2 Å². The molecule has 9 nitrogen and oxygen atoms in total. The average Bonchev–Trinajstić information content (AvgIpc) is 3.24. The number of nitrogens with zero attached hydrogens (tertiary/aromatic N) is 5. The summed E-state index contributed by atoms with van der Waals surface area (Å²) in [4.78, 5) is 0.195. The van der Waals surface area contributed by atoms with Crippen LogP contribution in [0.5, 0.6) is 0 Å². The minimum absolute atomic E-state index is 0.195. The van der Waals surface area contributed by atoms with Crippen molar-refractivity contribution in [2.24, 2.45) is 0 Å². The number of benzene rings is 1. The zero-order valence-corrected chi connectivity index (χ0v) is 14.8. The van der Waals surface area contributed by atoms with E-state index in [1.165, 1.54) is 16.8 Å². The van der Waals surface area contributed by atoms with Crippen molar-refractivity contribution in [1.82, 2.24) is 34.9 Å². The maximum absolute atomic E-state index is 12.4. The molecule has 1 aliphatic heterocycles. The molecule has 130 valence electrons. The van der Waals surface area contributed by atoms with Gasteiger partial charge in [0.25, 0.3) is 0 Å². The molecule has 0 saturated carbocycles. The third-order valence-electron chi connectivity index (χ3n) is 3.93. The van der Waals surface area contributed by atoms with E-state index in [1.54, 1.807) is 12.1 Å². The summed E-state index contributed by atoms with van der Waals surface area (Å²) in [6.07, 6.45) is 2.28. The fourth-order valence-corrected chi connectivity index (χ4v) is 3.75. The molecule has 0 bridgehead atoms. The van der Waals surface area contributed by atoms with Crippen molar-refractivity contribution in [1.29, 1.82) is 0 Å². The number of hydrogen-bond donors (Lipinski definition) is 2. The van der Waals surface area contributed by atoms with Crippen LogP contribution in [-0.4, -0.2) is 65.4 Å². The van der Waals surface area contributed by atoms with Gasteiger partial charge in [0.2, 0.25) is 14.8 Å². The van der Waals surface area contributed by atoms with E-state index in [-0.39, 0.29) is 16.3 Å². The third kappa shape index (κ3) is 3.70. The Morgan fingerprint density at radius 2 is 1.96 bits per heavy atom. The van der Waals surface area contributed by atoms with Crippen molar-refractivity contribution in [3.8, 4) is 5.69 Å². The predicted molar refractivity (Wildman–Crippen MR) is 90.3 cm³/mol. The number of hydrogen-bond acceptors (Lipinski definition) is 7. The second kappa shape index (κ2) is 7.07. The minimum atomic E-state index is -3.58. The first kappa shape index (κ1) is 17.2. The quantitative estimate of drug-likeness (QED) is 0.565. The van der Waals surface area contributed by atoms with Crippen LogP contribution in [0.4, 0.5) is 0 Å². The highest BCUT2D eigenvalue weighted by Crippen LogP contribution is 2.14. The summed E-state index contributed by atoms with van der Waals surface area (Å²) in [5, 5.41) is 13.9. The molecule has 1 aromatic carbocycles. The highest BCUT2D eigenvalue weighted by molar-refractivity contribution is 7.89. The number of tetrazole rings is 1. The summed E-state index contributed by atoms with van der Waals surface area (Å²) in [5.41, 5.74) is 0.665. The number of hydrazine groups is 1. The molecule has 0 radical (unpaired) electrons. The van der Waals surface area contributed by atoms with Gasteiger partial charge in [-0.2, -0.15) is 9.94 Å². The summed E-state index contributed by atoms with van der Waals surface area (Å²) in [7, 11) is -1.70. The summed E-state index contributed by atoms with van der Waals surface area (Å²) < 4.78 is 29.2. The van der Waals surface area contributed by atoms with E-state index >= 15 is 0 Å². The van der Waals surface area contributed by atoms with Crippen molar-refractivity contribution < 1.29 is 8.42 Å². The minimum Gasteiger partial charge on any atom is -0.241 e. The highest BCUT2D eigenvalue weighted by Gasteiger charge is 2.19. The number of H-pyrrole nitrogens is 1. The molecule has 0 unspecified atom stereocenters. The van der Waals surface area contributed by atoms with Gasteiger partial charge < -0.3 is 0 Å². The van der Waals surface area contributed by atoms with Crippen LogP contribution in [0.3, 0.4) is 0 Å². The van der Waals surface area contributed by atoms with Gasteiger partial charge in [0.1, 0.15) is 0 Å². The lowest BCUT2D eigenvalue weighted by atomic mass is 10.3. The predicted octanol–water partition coefficient (Wildman–Crippen LogP) is 0.503. The Bertz CT molecular complexity index is 838. The van der Waals surface area contributed by atoms with Gasteiger partial charge in [-0.1, -0.05) is 10.3 Å².